The summed E-state index contributed by atoms with van der Waals surface area (Å²) in [5, 5.41) is 11.0. The number of carbonyl (C=O) groups excluding carboxylic acids is 1. The van der Waals surface area contributed by atoms with Crippen molar-refractivity contribution in [2.75, 3.05) is 5.32 Å². The molecule has 0 heterocycles. The number of hydrogen-bond donors (Lipinski definition) is 1. The highest BCUT2D eigenvalue weighted by molar-refractivity contribution is 5.92. The van der Waals surface area contributed by atoms with Crippen LogP contribution in [0.15, 0.2) is 42.5 Å². The summed E-state index contributed by atoms with van der Waals surface area (Å²) in [6.45, 7) is 0. The van der Waals surface area contributed by atoms with Crippen LogP contribution in [0.3, 0.4) is 0 Å². The van der Waals surface area contributed by atoms with Crippen molar-refractivity contribution in [3.05, 3.63) is 65.2 Å². The van der Waals surface area contributed by atoms with Gasteiger partial charge in [0.25, 0.3) is 0 Å². The number of carbonyl (C=O) groups is 1. The van der Waals surface area contributed by atoms with Crippen LogP contribution in [0.2, 0.25) is 0 Å². The van der Waals surface area contributed by atoms with Gasteiger partial charge < -0.3 is 5.32 Å². The Bertz CT molecular complexity index is 675. The van der Waals surface area contributed by atoms with Crippen LogP contribution in [0.4, 0.5) is 14.5 Å². The van der Waals surface area contributed by atoms with Crippen LogP contribution in [0.5, 0.6) is 0 Å². The predicted octanol–water partition coefficient (Wildman–Crippen LogP) is 3.02. The van der Waals surface area contributed by atoms with Crippen molar-refractivity contribution in [1.82, 2.24) is 0 Å². The maximum absolute atomic E-state index is 13.4. The minimum atomic E-state index is -1.08. The van der Waals surface area contributed by atoms with E-state index < -0.39 is 17.5 Å². The molecule has 0 aromatic heterocycles. The molecule has 0 aliphatic carbocycles. The predicted molar refractivity (Wildman–Crippen MR) is 69.8 cm³/mol. The fourth-order valence-corrected chi connectivity index (χ4v) is 1.68. The summed E-state index contributed by atoms with van der Waals surface area (Å²) < 4.78 is 26.4. The zero-order chi connectivity index (χ0) is 14.5. The first-order valence-corrected chi connectivity index (χ1v) is 5.83. The third-order valence-electron chi connectivity index (χ3n) is 2.67. The number of halogens is 2. The van der Waals surface area contributed by atoms with Crippen LogP contribution in [0, 0.1) is 23.0 Å². The van der Waals surface area contributed by atoms with E-state index in [-0.39, 0.29) is 12.1 Å². The van der Waals surface area contributed by atoms with E-state index in [0.717, 1.165) is 6.07 Å². The smallest absolute Gasteiger partial charge is 0.228 e. The average Bonchev–Trinajstić information content (AvgIpc) is 2.45. The number of rotatable bonds is 3. The summed E-state index contributed by atoms with van der Waals surface area (Å²) in [4.78, 5) is 11.7. The average molecular weight is 272 g/mol. The summed E-state index contributed by atoms with van der Waals surface area (Å²) in [6, 6.07) is 12.0. The number of anilines is 1. The molecule has 1 N–H and O–H groups in total. The fourth-order valence-electron chi connectivity index (χ4n) is 1.68. The molecule has 0 spiro atoms. The lowest BCUT2D eigenvalue weighted by atomic mass is 10.1. The largest absolute Gasteiger partial charge is 0.323 e. The Balaban J connectivity index is 2.05. The maximum Gasteiger partial charge on any atom is 0.228 e. The second-order valence-electron chi connectivity index (χ2n) is 4.14. The van der Waals surface area contributed by atoms with E-state index in [4.69, 9.17) is 5.26 Å². The van der Waals surface area contributed by atoms with Gasteiger partial charge in [0.2, 0.25) is 5.91 Å². The van der Waals surface area contributed by atoms with Gasteiger partial charge in [0.05, 0.1) is 23.7 Å². The van der Waals surface area contributed by atoms with Crippen molar-refractivity contribution in [3.8, 4) is 6.07 Å². The maximum atomic E-state index is 13.4. The lowest BCUT2D eigenvalue weighted by molar-refractivity contribution is -0.115. The Hall–Kier alpha value is -2.74. The number of hydrogen-bond acceptors (Lipinski definition) is 2. The van der Waals surface area contributed by atoms with E-state index in [1.54, 1.807) is 24.3 Å². The third-order valence-corrected chi connectivity index (χ3v) is 2.67. The molecule has 0 aliphatic heterocycles. The van der Waals surface area contributed by atoms with Gasteiger partial charge in [-0.1, -0.05) is 18.2 Å². The Morgan fingerprint density at radius 1 is 1.15 bits per heavy atom. The lowest BCUT2D eigenvalue weighted by Crippen LogP contribution is -2.15. The van der Waals surface area contributed by atoms with E-state index in [1.807, 2.05) is 6.07 Å². The Morgan fingerprint density at radius 3 is 2.50 bits per heavy atom. The monoisotopic (exact) mass is 272 g/mol. The number of nitriles is 1. The quantitative estimate of drug-likeness (QED) is 0.933. The molecule has 20 heavy (non-hydrogen) atoms. The zero-order valence-electron chi connectivity index (χ0n) is 10.4. The van der Waals surface area contributed by atoms with E-state index in [2.05, 4.69) is 5.32 Å². The summed E-state index contributed by atoms with van der Waals surface area (Å²) in [5.41, 5.74) is 0.979. The summed E-state index contributed by atoms with van der Waals surface area (Å²) in [6.07, 6.45) is 0.0155. The molecule has 2 aromatic carbocycles. The van der Waals surface area contributed by atoms with Gasteiger partial charge in [-0.3, -0.25) is 4.79 Å². The Morgan fingerprint density at radius 2 is 1.85 bits per heavy atom. The molecule has 0 saturated carbocycles. The molecular formula is C15H10F2N2O. The standard InChI is InChI=1S/C15H10F2N2O/c16-12-2-1-3-13(15(12)17)19-14(20)8-10-4-6-11(9-18)7-5-10/h1-7H,8H2,(H,19,20). The van der Waals surface area contributed by atoms with Crippen molar-refractivity contribution in [2.24, 2.45) is 0 Å². The van der Waals surface area contributed by atoms with Crippen LogP contribution in [0.1, 0.15) is 11.1 Å². The van der Waals surface area contributed by atoms with Gasteiger partial charge in [-0.05, 0) is 29.8 Å². The number of nitrogens with zero attached hydrogens (tertiary/aromatic N) is 1. The van der Waals surface area contributed by atoms with Gasteiger partial charge in [-0.15, -0.1) is 0 Å². The minimum Gasteiger partial charge on any atom is -0.323 e. The highest BCUT2D eigenvalue weighted by Crippen LogP contribution is 2.17. The molecule has 2 rings (SSSR count). The van der Waals surface area contributed by atoms with Crippen molar-refractivity contribution < 1.29 is 13.6 Å². The molecule has 1 amide bonds. The summed E-state index contributed by atoms with van der Waals surface area (Å²) in [5.74, 6) is -2.55. The Labute approximate surface area is 114 Å². The fraction of sp³-hybridized carbons (Fsp3) is 0.0667. The minimum absolute atomic E-state index is 0.0155. The topological polar surface area (TPSA) is 52.9 Å². The van der Waals surface area contributed by atoms with Crippen LogP contribution in [-0.2, 0) is 11.2 Å². The van der Waals surface area contributed by atoms with E-state index >= 15 is 0 Å². The molecule has 0 bridgehead atoms. The Kier molecular flexibility index (Phi) is 4.06. The number of benzene rings is 2. The summed E-state index contributed by atoms with van der Waals surface area (Å²) in [7, 11) is 0. The molecule has 2 aromatic rings. The van der Waals surface area contributed by atoms with Gasteiger partial charge in [0, 0.05) is 0 Å². The first-order valence-electron chi connectivity index (χ1n) is 5.83. The van der Waals surface area contributed by atoms with E-state index in [0.29, 0.717) is 11.1 Å². The van der Waals surface area contributed by atoms with Crippen molar-refractivity contribution in [1.29, 1.82) is 5.26 Å². The van der Waals surface area contributed by atoms with E-state index in [1.165, 1.54) is 12.1 Å². The zero-order valence-corrected chi connectivity index (χ0v) is 10.4. The van der Waals surface area contributed by atoms with Crippen LogP contribution < -0.4 is 5.32 Å². The second-order valence-corrected chi connectivity index (χ2v) is 4.14. The second kappa shape index (κ2) is 5.93. The highest BCUT2D eigenvalue weighted by atomic mass is 19.2. The van der Waals surface area contributed by atoms with Gasteiger partial charge in [0.15, 0.2) is 11.6 Å². The molecule has 0 fully saturated rings. The van der Waals surface area contributed by atoms with Gasteiger partial charge in [-0.2, -0.15) is 5.26 Å². The molecule has 0 unspecified atom stereocenters. The third kappa shape index (κ3) is 3.18. The lowest BCUT2D eigenvalue weighted by Gasteiger charge is -2.07. The molecule has 0 radical (unpaired) electrons. The van der Waals surface area contributed by atoms with Crippen LogP contribution in [0.25, 0.3) is 0 Å². The first kappa shape index (κ1) is 13.7. The van der Waals surface area contributed by atoms with Crippen molar-refractivity contribution >= 4 is 11.6 Å². The molecule has 3 nitrogen and oxygen atoms in total. The first-order chi connectivity index (χ1) is 9.60. The van der Waals surface area contributed by atoms with Crippen LogP contribution >= 0.6 is 0 Å². The highest BCUT2D eigenvalue weighted by Gasteiger charge is 2.11. The molecule has 5 heteroatoms. The molecular weight excluding hydrogens is 262 g/mol. The molecule has 0 aliphatic rings. The normalized spacial score (nSPS) is 9.85. The van der Waals surface area contributed by atoms with Gasteiger partial charge >= 0.3 is 0 Å². The molecule has 0 atom stereocenters. The van der Waals surface area contributed by atoms with Crippen LogP contribution in [-0.4, -0.2) is 5.91 Å². The summed E-state index contributed by atoms with van der Waals surface area (Å²) >= 11 is 0. The van der Waals surface area contributed by atoms with Crippen molar-refractivity contribution in [2.45, 2.75) is 6.42 Å². The SMILES string of the molecule is N#Cc1ccc(CC(=O)Nc2cccc(F)c2F)cc1. The molecule has 0 saturated heterocycles. The van der Waals surface area contributed by atoms with E-state index in [9.17, 15) is 13.6 Å². The number of nitrogens with one attached hydrogen (secondary N) is 1. The molecule has 100 valence electrons. The van der Waals surface area contributed by atoms with Crippen molar-refractivity contribution in [3.63, 3.8) is 0 Å². The number of amides is 1. The van der Waals surface area contributed by atoms with Gasteiger partial charge in [-0.25, -0.2) is 8.78 Å². The van der Waals surface area contributed by atoms with Gasteiger partial charge in [0.1, 0.15) is 0 Å².